The van der Waals surface area contributed by atoms with Crippen LogP contribution in [0.5, 0.6) is 0 Å². The van der Waals surface area contributed by atoms with E-state index in [0.29, 0.717) is 0 Å². The lowest BCUT2D eigenvalue weighted by Gasteiger charge is -2.10. The molecule has 1 nitrogen and oxygen atoms in total. The molecule has 0 saturated heterocycles. The second kappa shape index (κ2) is 9.48. The highest BCUT2D eigenvalue weighted by Gasteiger charge is 2.00. The van der Waals surface area contributed by atoms with Gasteiger partial charge in [-0.2, -0.15) is 0 Å². The zero-order chi connectivity index (χ0) is 9.23. The van der Waals surface area contributed by atoms with Crippen LogP contribution in [-0.2, 0) is 0 Å². The molecule has 0 spiro atoms. The van der Waals surface area contributed by atoms with Crippen molar-refractivity contribution < 1.29 is 0 Å². The van der Waals surface area contributed by atoms with Crippen LogP contribution in [0, 0.1) is 0 Å². The van der Waals surface area contributed by atoms with Crippen LogP contribution in [0.4, 0.5) is 0 Å². The fourth-order valence-corrected chi connectivity index (χ4v) is 2.72. The van der Waals surface area contributed by atoms with E-state index in [1.54, 1.807) is 0 Å². The van der Waals surface area contributed by atoms with Crippen molar-refractivity contribution in [2.24, 2.45) is 5.50 Å². The number of nitrogens with two attached hydrogens (primary N) is 1. The first-order valence-corrected chi connectivity index (χ1v) is 7.09. The first-order valence-electron chi connectivity index (χ1n) is 5.30. The molecule has 0 unspecified atom stereocenters. The van der Waals surface area contributed by atoms with Crippen molar-refractivity contribution in [1.29, 1.82) is 0 Å². The molecule has 0 rings (SSSR count). The van der Waals surface area contributed by atoms with Gasteiger partial charge in [-0.3, -0.25) is 0 Å². The van der Waals surface area contributed by atoms with Gasteiger partial charge in [-0.15, -0.1) is 0 Å². The summed E-state index contributed by atoms with van der Waals surface area (Å²) < 4.78 is 0. The molecule has 0 heterocycles. The molecule has 0 aromatic heterocycles. The monoisotopic (exact) mass is 189 g/mol. The highest BCUT2D eigenvalue weighted by molar-refractivity contribution is 7.55. The van der Waals surface area contributed by atoms with E-state index < -0.39 is 0 Å². The molecule has 0 aromatic rings. The third kappa shape index (κ3) is 8.49. The van der Waals surface area contributed by atoms with Crippen molar-refractivity contribution in [3.8, 4) is 0 Å². The number of hydrogen-bond donors (Lipinski definition) is 1. The number of rotatable bonds is 8. The molecule has 0 bridgehead atoms. The Morgan fingerprint density at radius 2 is 1.25 bits per heavy atom. The highest BCUT2D eigenvalue weighted by atomic mass is 31.1. The SMILES string of the molecule is CCCCCP(N)CCCCC. The van der Waals surface area contributed by atoms with Gasteiger partial charge in [0, 0.05) is 0 Å². The van der Waals surface area contributed by atoms with Crippen molar-refractivity contribution in [3.05, 3.63) is 0 Å². The minimum atomic E-state index is -0.104. The second-order valence-electron chi connectivity index (χ2n) is 3.45. The summed E-state index contributed by atoms with van der Waals surface area (Å²) in [7, 11) is -0.104. The molecule has 12 heavy (non-hydrogen) atoms. The van der Waals surface area contributed by atoms with Crippen molar-refractivity contribution in [3.63, 3.8) is 0 Å². The summed E-state index contributed by atoms with van der Waals surface area (Å²) in [6, 6.07) is 0. The van der Waals surface area contributed by atoms with Gasteiger partial charge in [0.15, 0.2) is 0 Å². The van der Waals surface area contributed by atoms with Gasteiger partial charge in [-0.25, -0.2) is 0 Å². The van der Waals surface area contributed by atoms with Gasteiger partial charge in [-0.05, 0) is 33.2 Å². The average Bonchev–Trinajstić information content (AvgIpc) is 2.06. The Kier molecular flexibility index (Phi) is 9.79. The summed E-state index contributed by atoms with van der Waals surface area (Å²) in [5.74, 6) is 0. The quantitative estimate of drug-likeness (QED) is 0.457. The van der Waals surface area contributed by atoms with E-state index in [-0.39, 0.29) is 8.07 Å². The summed E-state index contributed by atoms with van der Waals surface area (Å²) in [5.41, 5.74) is 6.02. The minimum Gasteiger partial charge on any atom is -0.310 e. The summed E-state index contributed by atoms with van der Waals surface area (Å²) in [4.78, 5) is 0. The fraction of sp³-hybridized carbons (Fsp3) is 1.00. The predicted octanol–water partition coefficient (Wildman–Crippen LogP) is 3.72. The summed E-state index contributed by atoms with van der Waals surface area (Å²) in [6.07, 6.45) is 10.7. The Bertz CT molecular complexity index is 75.9. The molecule has 0 amide bonds. The standard InChI is InChI=1S/C10H24NP/c1-3-5-7-9-12(11)10-8-6-4-2/h3-11H2,1-2H3. The topological polar surface area (TPSA) is 26.0 Å². The average molecular weight is 189 g/mol. The molecule has 0 fully saturated rings. The molecular formula is C10H24NP. The van der Waals surface area contributed by atoms with Crippen LogP contribution in [0.1, 0.15) is 52.4 Å². The molecule has 0 aliphatic rings. The first-order chi connectivity index (χ1) is 5.81. The molecule has 2 N–H and O–H groups in total. The molecular weight excluding hydrogens is 165 g/mol. The Balaban J connectivity index is 3.04. The lowest BCUT2D eigenvalue weighted by molar-refractivity contribution is 0.762. The van der Waals surface area contributed by atoms with Gasteiger partial charge >= 0.3 is 0 Å². The Morgan fingerprint density at radius 3 is 1.58 bits per heavy atom. The maximum Gasteiger partial charge on any atom is -0.0196 e. The molecule has 0 radical (unpaired) electrons. The second-order valence-corrected chi connectivity index (χ2v) is 5.52. The lowest BCUT2D eigenvalue weighted by Crippen LogP contribution is -1.98. The van der Waals surface area contributed by atoms with Crippen molar-refractivity contribution in [2.75, 3.05) is 12.3 Å². The third-order valence-electron chi connectivity index (χ3n) is 2.10. The highest BCUT2D eigenvalue weighted by Crippen LogP contribution is 2.28. The van der Waals surface area contributed by atoms with Gasteiger partial charge in [0.1, 0.15) is 0 Å². The van der Waals surface area contributed by atoms with Crippen LogP contribution in [0.15, 0.2) is 0 Å². The Labute approximate surface area is 78.9 Å². The maximum atomic E-state index is 6.02. The summed E-state index contributed by atoms with van der Waals surface area (Å²) in [6.45, 7) is 4.49. The van der Waals surface area contributed by atoms with Crippen LogP contribution >= 0.6 is 8.07 Å². The van der Waals surface area contributed by atoms with Gasteiger partial charge < -0.3 is 5.50 Å². The normalized spacial score (nSPS) is 11.0. The molecule has 0 atom stereocenters. The van der Waals surface area contributed by atoms with Crippen LogP contribution in [0.3, 0.4) is 0 Å². The lowest BCUT2D eigenvalue weighted by atomic mass is 10.3. The van der Waals surface area contributed by atoms with Crippen LogP contribution < -0.4 is 5.50 Å². The molecule has 0 saturated carbocycles. The van der Waals surface area contributed by atoms with E-state index in [1.807, 2.05) is 0 Å². The predicted molar refractivity (Wildman–Crippen MR) is 59.9 cm³/mol. The van der Waals surface area contributed by atoms with E-state index in [4.69, 9.17) is 5.50 Å². The van der Waals surface area contributed by atoms with E-state index in [2.05, 4.69) is 13.8 Å². The molecule has 0 aliphatic heterocycles. The van der Waals surface area contributed by atoms with Gasteiger partial charge in [0.25, 0.3) is 0 Å². The molecule has 0 aromatic carbocycles. The first kappa shape index (κ1) is 12.4. The van der Waals surface area contributed by atoms with Crippen LogP contribution in [0.2, 0.25) is 0 Å². The fourth-order valence-electron chi connectivity index (χ4n) is 1.24. The maximum absolute atomic E-state index is 6.02. The van der Waals surface area contributed by atoms with E-state index in [1.165, 1.54) is 50.8 Å². The summed E-state index contributed by atoms with van der Waals surface area (Å²) in [5, 5.41) is 0. The Morgan fingerprint density at radius 1 is 0.833 bits per heavy atom. The number of unbranched alkanes of at least 4 members (excludes halogenated alkanes) is 4. The minimum absolute atomic E-state index is 0.104. The van der Waals surface area contributed by atoms with Crippen LogP contribution in [-0.4, -0.2) is 12.3 Å². The van der Waals surface area contributed by atoms with E-state index >= 15 is 0 Å². The van der Waals surface area contributed by atoms with Gasteiger partial charge in [0.2, 0.25) is 0 Å². The van der Waals surface area contributed by atoms with Crippen molar-refractivity contribution in [1.82, 2.24) is 0 Å². The van der Waals surface area contributed by atoms with Crippen molar-refractivity contribution in [2.45, 2.75) is 52.4 Å². The Hall–Kier alpha value is 0.390. The molecule has 2 heteroatoms. The van der Waals surface area contributed by atoms with Crippen molar-refractivity contribution >= 4 is 8.07 Å². The third-order valence-corrected chi connectivity index (χ3v) is 3.88. The molecule has 74 valence electrons. The smallest absolute Gasteiger partial charge is 0.0196 e. The summed E-state index contributed by atoms with van der Waals surface area (Å²) >= 11 is 0. The van der Waals surface area contributed by atoms with Crippen LogP contribution in [0.25, 0.3) is 0 Å². The van der Waals surface area contributed by atoms with Gasteiger partial charge in [0.05, 0.1) is 0 Å². The molecule has 0 aliphatic carbocycles. The zero-order valence-electron chi connectivity index (χ0n) is 8.68. The van der Waals surface area contributed by atoms with Gasteiger partial charge in [-0.1, -0.05) is 39.5 Å². The zero-order valence-corrected chi connectivity index (χ0v) is 9.58. The van der Waals surface area contributed by atoms with E-state index in [9.17, 15) is 0 Å². The number of hydrogen-bond acceptors (Lipinski definition) is 1. The van der Waals surface area contributed by atoms with E-state index in [0.717, 1.165) is 0 Å². The largest absolute Gasteiger partial charge is 0.310 e.